The first kappa shape index (κ1) is 26.0. The first-order valence-corrected chi connectivity index (χ1v) is 12.7. The second-order valence-electron chi connectivity index (χ2n) is 9.25. The molecule has 3 aromatic heterocycles. The maximum absolute atomic E-state index is 13.6. The third-order valence-electron chi connectivity index (χ3n) is 6.07. The van der Waals surface area contributed by atoms with Gasteiger partial charge in [-0.15, -0.1) is 0 Å². The Hall–Kier alpha value is -4.07. The van der Waals surface area contributed by atoms with E-state index >= 15 is 0 Å². The summed E-state index contributed by atoms with van der Waals surface area (Å²) in [6.45, 7) is 10.9. The number of nitrogens with zero attached hydrogens (tertiary/aromatic N) is 2. The second-order valence-corrected chi connectivity index (χ2v) is 9.25. The molecular formula is C29H34N4O4. The van der Waals surface area contributed by atoms with E-state index in [-0.39, 0.29) is 23.9 Å². The van der Waals surface area contributed by atoms with Crippen molar-refractivity contribution < 1.29 is 14.3 Å². The van der Waals surface area contributed by atoms with Gasteiger partial charge in [0.1, 0.15) is 23.5 Å². The molecule has 8 heteroatoms. The molecule has 0 aliphatic heterocycles. The molecule has 1 aromatic carbocycles. The van der Waals surface area contributed by atoms with Gasteiger partial charge in [-0.3, -0.25) is 14.0 Å². The average Bonchev–Trinajstić information content (AvgIpc) is 3.31. The van der Waals surface area contributed by atoms with Gasteiger partial charge < -0.3 is 19.8 Å². The number of H-pyrrole nitrogens is 1. The number of fused-ring (bicyclic) bond motifs is 1. The number of aryl methyl sites for hydroxylation is 1. The SMILES string of the molecule is CCCOc1ccccc1-c1cc(C(=O)NCc2c(OCC)cc(C)[nH]c2=O)n2cnc(C(C)C)c2c1. The quantitative estimate of drug-likeness (QED) is 0.309. The van der Waals surface area contributed by atoms with E-state index in [9.17, 15) is 9.59 Å². The minimum Gasteiger partial charge on any atom is -0.493 e. The van der Waals surface area contributed by atoms with Crippen LogP contribution in [0.2, 0.25) is 0 Å². The van der Waals surface area contributed by atoms with Gasteiger partial charge in [0.15, 0.2) is 0 Å². The monoisotopic (exact) mass is 502 g/mol. The van der Waals surface area contributed by atoms with E-state index < -0.39 is 0 Å². The highest BCUT2D eigenvalue weighted by Crippen LogP contribution is 2.33. The Balaban J connectivity index is 1.77. The molecule has 0 atom stereocenters. The number of hydrogen-bond acceptors (Lipinski definition) is 5. The number of imidazole rings is 1. The van der Waals surface area contributed by atoms with Crippen LogP contribution in [0.25, 0.3) is 16.6 Å². The molecule has 0 radical (unpaired) electrons. The van der Waals surface area contributed by atoms with Crippen molar-refractivity contribution in [2.45, 2.75) is 53.5 Å². The summed E-state index contributed by atoms with van der Waals surface area (Å²) in [5.74, 6) is 1.07. The number of carbonyl (C=O) groups is 1. The number of benzene rings is 1. The summed E-state index contributed by atoms with van der Waals surface area (Å²) in [5.41, 5.74) is 4.71. The van der Waals surface area contributed by atoms with Crippen LogP contribution in [0.5, 0.6) is 11.5 Å². The van der Waals surface area contributed by atoms with E-state index in [1.165, 1.54) is 0 Å². The molecule has 4 aromatic rings. The molecule has 0 bridgehead atoms. The lowest BCUT2D eigenvalue weighted by atomic mass is 10.0. The van der Waals surface area contributed by atoms with Gasteiger partial charge in [0.25, 0.3) is 11.5 Å². The number of carbonyl (C=O) groups excluding carboxylic acids is 1. The fraction of sp³-hybridized carbons (Fsp3) is 0.345. The van der Waals surface area contributed by atoms with Gasteiger partial charge in [-0.2, -0.15) is 0 Å². The molecule has 0 aliphatic rings. The number of rotatable bonds is 10. The Morgan fingerprint density at radius 1 is 1.11 bits per heavy atom. The van der Waals surface area contributed by atoms with Crippen molar-refractivity contribution in [3.63, 3.8) is 0 Å². The van der Waals surface area contributed by atoms with Gasteiger partial charge in [0.05, 0.1) is 36.5 Å². The molecule has 1 amide bonds. The lowest BCUT2D eigenvalue weighted by molar-refractivity contribution is 0.0944. The molecule has 0 spiro atoms. The second kappa shape index (κ2) is 11.3. The third-order valence-corrected chi connectivity index (χ3v) is 6.07. The number of amides is 1. The number of aromatic nitrogens is 3. The van der Waals surface area contributed by atoms with Crippen molar-refractivity contribution in [1.29, 1.82) is 0 Å². The highest BCUT2D eigenvalue weighted by atomic mass is 16.5. The van der Waals surface area contributed by atoms with Crippen LogP contribution in [0.1, 0.15) is 67.5 Å². The van der Waals surface area contributed by atoms with Crippen LogP contribution in [0.15, 0.2) is 53.6 Å². The lowest BCUT2D eigenvalue weighted by Gasteiger charge is -2.15. The minimum atomic E-state index is -0.325. The Morgan fingerprint density at radius 3 is 2.62 bits per heavy atom. The fourth-order valence-electron chi connectivity index (χ4n) is 4.33. The molecular weight excluding hydrogens is 468 g/mol. The van der Waals surface area contributed by atoms with Crippen LogP contribution < -0.4 is 20.3 Å². The van der Waals surface area contributed by atoms with E-state index in [2.05, 4.69) is 36.1 Å². The number of ether oxygens (including phenoxy) is 2. The zero-order valence-electron chi connectivity index (χ0n) is 22.1. The fourth-order valence-corrected chi connectivity index (χ4v) is 4.33. The van der Waals surface area contributed by atoms with Crippen LogP contribution in [0.3, 0.4) is 0 Å². The number of nitrogens with one attached hydrogen (secondary N) is 2. The van der Waals surface area contributed by atoms with Gasteiger partial charge >= 0.3 is 0 Å². The minimum absolute atomic E-state index is 0.0252. The summed E-state index contributed by atoms with van der Waals surface area (Å²) in [7, 11) is 0. The number of pyridine rings is 2. The molecule has 37 heavy (non-hydrogen) atoms. The molecule has 3 heterocycles. The van der Waals surface area contributed by atoms with Crippen molar-refractivity contribution >= 4 is 11.4 Å². The van der Waals surface area contributed by atoms with E-state index in [4.69, 9.17) is 9.47 Å². The summed E-state index contributed by atoms with van der Waals surface area (Å²) in [5, 5.41) is 2.91. The normalized spacial score (nSPS) is 11.2. The van der Waals surface area contributed by atoms with Crippen LogP contribution in [0.4, 0.5) is 0 Å². The Bertz CT molecular complexity index is 1470. The molecule has 0 unspecified atom stereocenters. The predicted octanol–water partition coefficient (Wildman–Crippen LogP) is 5.24. The topological polar surface area (TPSA) is 97.7 Å². The zero-order valence-corrected chi connectivity index (χ0v) is 22.1. The Kier molecular flexibility index (Phi) is 7.96. The molecule has 0 saturated carbocycles. The number of para-hydroxylation sites is 1. The van der Waals surface area contributed by atoms with Crippen molar-refractivity contribution in [2.24, 2.45) is 0 Å². The first-order chi connectivity index (χ1) is 17.8. The van der Waals surface area contributed by atoms with Crippen LogP contribution >= 0.6 is 0 Å². The molecule has 4 rings (SSSR count). The molecule has 0 fully saturated rings. The summed E-state index contributed by atoms with van der Waals surface area (Å²) in [6, 6.07) is 13.5. The smallest absolute Gasteiger partial charge is 0.268 e. The van der Waals surface area contributed by atoms with Crippen LogP contribution in [-0.2, 0) is 6.54 Å². The van der Waals surface area contributed by atoms with Crippen molar-refractivity contribution in [2.75, 3.05) is 13.2 Å². The summed E-state index contributed by atoms with van der Waals surface area (Å²) >= 11 is 0. The number of aromatic amines is 1. The molecule has 194 valence electrons. The first-order valence-electron chi connectivity index (χ1n) is 12.7. The maximum atomic E-state index is 13.6. The standard InChI is InChI=1S/C29H34N4O4/c1-6-12-37-25-11-9-8-10-21(25)20-14-23-27(18(3)4)31-17-33(23)24(15-20)29(35)30-16-22-26(36-7-2)13-19(5)32-28(22)34/h8-11,13-15,17-18H,6-7,12,16H2,1-5H3,(H,30,35)(H,32,34). The molecule has 0 aliphatic carbocycles. The van der Waals surface area contributed by atoms with Gasteiger partial charge in [-0.25, -0.2) is 4.98 Å². The highest BCUT2D eigenvalue weighted by molar-refractivity contribution is 5.95. The van der Waals surface area contributed by atoms with Gasteiger partial charge in [0.2, 0.25) is 0 Å². The van der Waals surface area contributed by atoms with Crippen molar-refractivity contribution in [1.82, 2.24) is 19.7 Å². The highest BCUT2D eigenvalue weighted by Gasteiger charge is 2.20. The predicted molar refractivity (Wildman–Crippen MR) is 145 cm³/mol. The van der Waals surface area contributed by atoms with Gasteiger partial charge in [-0.05, 0) is 56.0 Å². The van der Waals surface area contributed by atoms with Gasteiger partial charge in [0, 0.05) is 11.3 Å². The summed E-state index contributed by atoms with van der Waals surface area (Å²) in [6.07, 6.45) is 2.57. The van der Waals surface area contributed by atoms with Crippen LogP contribution in [0, 0.1) is 6.92 Å². The molecule has 0 saturated heterocycles. The maximum Gasteiger partial charge on any atom is 0.268 e. The van der Waals surface area contributed by atoms with Crippen LogP contribution in [-0.4, -0.2) is 33.5 Å². The lowest BCUT2D eigenvalue weighted by Crippen LogP contribution is -2.29. The molecule has 8 nitrogen and oxygen atoms in total. The zero-order chi connectivity index (χ0) is 26.5. The Labute approximate surface area is 216 Å². The molecule has 2 N–H and O–H groups in total. The van der Waals surface area contributed by atoms with E-state index in [1.54, 1.807) is 23.7 Å². The van der Waals surface area contributed by atoms with Gasteiger partial charge in [-0.1, -0.05) is 39.0 Å². The van der Waals surface area contributed by atoms with E-state index in [0.29, 0.717) is 35.9 Å². The number of hydrogen-bond donors (Lipinski definition) is 2. The average molecular weight is 503 g/mol. The summed E-state index contributed by atoms with van der Waals surface area (Å²) in [4.78, 5) is 33.6. The summed E-state index contributed by atoms with van der Waals surface area (Å²) < 4.78 is 13.5. The van der Waals surface area contributed by atoms with E-state index in [1.807, 2.05) is 43.3 Å². The van der Waals surface area contributed by atoms with Crippen molar-refractivity contribution in [3.05, 3.63) is 81.8 Å². The van der Waals surface area contributed by atoms with Crippen molar-refractivity contribution in [3.8, 4) is 22.6 Å². The third kappa shape index (κ3) is 5.53. The Morgan fingerprint density at radius 2 is 1.89 bits per heavy atom. The van der Waals surface area contributed by atoms with E-state index in [0.717, 1.165) is 34.5 Å². The largest absolute Gasteiger partial charge is 0.493 e.